The summed E-state index contributed by atoms with van der Waals surface area (Å²) in [5.74, 6) is -1.66. The van der Waals surface area contributed by atoms with E-state index < -0.39 is 24.2 Å². The highest BCUT2D eigenvalue weighted by molar-refractivity contribution is 7.99. The average Bonchev–Trinajstić information content (AvgIpc) is 3.07. The first-order valence-corrected chi connectivity index (χ1v) is 9.50. The maximum absolute atomic E-state index is 13.9. The van der Waals surface area contributed by atoms with Gasteiger partial charge >= 0.3 is 6.61 Å². The Kier molecular flexibility index (Phi) is 6.72. The van der Waals surface area contributed by atoms with Gasteiger partial charge in [-0.2, -0.15) is 8.78 Å². The topological polar surface area (TPSA) is 86.1 Å². The third-order valence-electron chi connectivity index (χ3n) is 3.88. The number of hydrogen-bond donors (Lipinski definition) is 1. The van der Waals surface area contributed by atoms with Crippen LogP contribution in [-0.4, -0.2) is 38.9 Å². The molecule has 0 radical (unpaired) electrons. The monoisotopic (exact) mass is 436 g/mol. The zero-order valence-electron chi connectivity index (χ0n) is 15.5. The summed E-state index contributed by atoms with van der Waals surface area (Å²) in [7, 11) is 1.64. The summed E-state index contributed by atoms with van der Waals surface area (Å²) in [5, 5.41) is 10.4. The van der Waals surface area contributed by atoms with Crippen molar-refractivity contribution in [1.29, 1.82) is 0 Å². The Bertz CT molecular complexity index is 1060. The van der Waals surface area contributed by atoms with E-state index in [2.05, 4.69) is 20.3 Å². The molecule has 156 valence electrons. The number of hydrogen-bond acceptors (Lipinski definition) is 6. The highest BCUT2D eigenvalue weighted by Gasteiger charge is 2.17. The standard InChI is InChI=1S/C19H15F3N4O3S/c1-26-16(13-4-2-3-5-14(13)20)24-25-19(26)30-10-15(27)23-17(28)11-6-8-12(9-7-11)29-18(21)22/h2-9,18H,10H2,1H3,(H,23,27,28). The van der Waals surface area contributed by atoms with Crippen LogP contribution < -0.4 is 10.1 Å². The van der Waals surface area contributed by atoms with Crippen molar-refractivity contribution in [3.05, 3.63) is 59.9 Å². The lowest BCUT2D eigenvalue weighted by atomic mass is 10.2. The molecule has 3 aromatic rings. The molecule has 2 aromatic carbocycles. The van der Waals surface area contributed by atoms with Crippen LogP contribution in [0.15, 0.2) is 53.7 Å². The van der Waals surface area contributed by atoms with Gasteiger partial charge in [0.1, 0.15) is 11.6 Å². The van der Waals surface area contributed by atoms with E-state index in [1.165, 1.54) is 30.3 Å². The molecule has 3 rings (SSSR count). The number of ether oxygens (including phenoxy) is 1. The first-order valence-electron chi connectivity index (χ1n) is 8.51. The SMILES string of the molecule is Cn1c(SCC(=O)NC(=O)c2ccc(OC(F)F)cc2)nnc1-c1ccccc1F. The van der Waals surface area contributed by atoms with E-state index >= 15 is 0 Å². The van der Waals surface area contributed by atoms with Crippen LogP contribution in [0.2, 0.25) is 0 Å². The Hall–Kier alpha value is -3.34. The Labute approximate surface area is 173 Å². The van der Waals surface area contributed by atoms with Crippen LogP contribution in [0, 0.1) is 5.82 Å². The van der Waals surface area contributed by atoms with Gasteiger partial charge in [0.05, 0.1) is 11.3 Å². The van der Waals surface area contributed by atoms with Crippen LogP contribution in [-0.2, 0) is 11.8 Å². The first-order chi connectivity index (χ1) is 14.3. The molecular weight excluding hydrogens is 421 g/mol. The number of carbonyl (C=O) groups is 2. The molecule has 0 aliphatic carbocycles. The third-order valence-corrected chi connectivity index (χ3v) is 4.90. The minimum Gasteiger partial charge on any atom is -0.435 e. The Morgan fingerprint density at radius 3 is 2.50 bits per heavy atom. The first kappa shape index (κ1) is 21.4. The molecular formula is C19H15F3N4O3S. The molecule has 11 heteroatoms. The highest BCUT2D eigenvalue weighted by Crippen LogP contribution is 2.24. The summed E-state index contributed by atoms with van der Waals surface area (Å²) < 4.78 is 44.0. The number of halogens is 3. The smallest absolute Gasteiger partial charge is 0.387 e. The van der Waals surface area contributed by atoms with Crippen LogP contribution in [0.4, 0.5) is 13.2 Å². The molecule has 0 aliphatic rings. The normalized spacial score (nSPS) is 10.8. The van der Waals surface area contributed by atoms with Crippen molar-refractivity contribution in [2.24, 2.45) is 7.05 Å². The lowest BCUT2D eigenvalue weighted by Gasteiger charge is -2.07. The molecule has 0 fully saturated rings. The molecule has 0 aliphatic heterocycles. The molecule has 7 nitrogen and oxygen atoms in total. The number of imide groups is 1. The molecule has 2 amide bonds. The van der Waals surface area contributed by atoms with Crippen molar-refractivity contribution < 1.29 is 27.5 Å². The predicted octanol–water partition coefficient (Wildman–Crippen LogP) is 3.27. The van der Waals surface area contributed by atoms with Gasteiger partial charge in [-0.05, 0) is 36.4 Å². The second-order valence-electron chi connectivity index (χ2n) is 5.91. The van der Waals surface area contributed by atoms with Crippen molar-refractivity contribution in [1.82, 2.24) is 20.1 Å². The molecule has 0 spiro atoms. The van der Waals surface area contributed by atoms with E-state index in [1.807, 2.05) is 0 Å². The number of thioether (sulfide) groups is 1. The largest absolute Gasteiger partial charge is 0.435 e. The predicted molar refractivity (Wildman–Crippen MR) is 103 cm³/mol. The van der Waals surface area contributed by atoms with Crippen molar-refractivity contribution in [2.75, 3.05) is 5.75 Å². The number of nitrogens with one attached hydrogen (secondary N) is 1. The van der Waals surface area contributed by atoms with Crippen molar-refractivity contribution >= 4 is 23.6 Å². The van der Waals surface area contributed by atoms with E-state index in [9.17, 15) is 22.8 Å². The minimum absolute atomic E-state index is 0.101. The summed E-state index contributed by atoms with van der Waals surface area (Å²) in [5.41, 5.74) is 0.383. The molecule has 1 aromatic heterocycles. The van der Waals surface area contributed by atoms with Gasteiger partial charge in [-0.1, -0.05) is 23.9 Å². The summed E-state index contributed by atoms with van der Waals surface area (Å²) >= 11 is 1.02. The minimum atomic E-state index is -2.97. The molecule has 0 atom stereocenters. The summed E-state index contributed by atoms with van der Waals surface area (Å²) in [6.45, 7) is -2.97. The van der Waals surface area contributed by atoms with E-state index in [1.54, 1.807) is 29.8 Å². The number of alkyl halides is 2. The average molecular weight is 436 g/mol. The second kappa shape index (κ2) is 9.44. The van der Waals surface area contributed by atoms with Gasteiger partial charge < -0.3 is 9.30 Å². The van der Waals surface area contributed by atoms with Gasteiger partial charge in [0.2, 0.25) is 5.91 Å². The van der Waals surface area contributed by atoms with Crippen LogP contribution in [0.5, 0.6) is 5.75 Å². The van der Waals surface area contributed by atoms with Crippen LogP contribution in [0.1, 0.15) is 10.4 Å². The number of nitrogens with zero attached hydrogens (tertiary/aromatic N) is 3. The van der Waals surface area contributed by atoms with Crippen LogP contribution >= 0.6 is 11.8 Å². The van der Waals surface area contributed by atoms with Crippen molar-refractivity contribution in [2.45, 2.75) is 11.8 Å². The van der Waals surface area contributed by atoms with Gasteiger partial charge in [0, 0.05) is 12.6 Å². The fourth-order valence-corrected chi connectivity index (χ4v) is 3.18. The molecule has 1 N–H and O–H groups in total. The van der Waals surface area contributed by atoms with Gasteiger partial charge in [-0.25, -0.2) is 4.39 Å². The Balaban J connectivity index is 1.57. The quantitative estimate of drug-likeness (QED) is 0.572. The van der Waals surface area contributed by atoms with Crippen LogP contribution in [0.3, 0.4) is 0 Å². The summed E-state index contributed by atoms with van der Waals surface area (Å²) in [6, 6.07) is 11.0. The lowest BCUT2D eigenvalue weighted by molar-refractivity contribution is -0.117. The molecule has 0 bridgehead atoms. The van der Waals surface area contributed by atoms with E-state index in [4.69, 9.17) is 0 Å². The van der Waals surface area contributed by atoms with Gasteiger partial charge in [0.25, 0.3) is 5.91 Å². The molecule has 1 heterocycles. The van der Waals surface area contributed by atoms with Gasteiger partial charge in [-0.3, -0.25) is 14.9 Å². The zero-order valence-corrected chi connectivity index (χ0v) is 16.3. The fourth-order valence-electron chi connectivity index (χ4n) is 2.47. The summed E-state index contributed by atoms with van der Waals surface area (Å²) in [4.78, 5) is 24.1. The van der Waals surface area contributed by atoms with E-state index in [-0.39, 0.29) is 22.6 Å². The molecule has 0 saturated heterocycles. The summed E-state index contributed by atoms with van der Waals surface area (Å²) in [6.07, 6.45) is 0. The molecule has 30 heavy (non-hydrogen) atoms. The Morgan fingerprint density at radius 1 is 1.13 bits per heavy atom. The van der Waals surface area contributed by atoms with E-state index in [0.717, 1.165) is 11.8 Å². The zero-order chi connectivity index (χ0) is 21.7. The number of amides is 2. The number of carbonyl (C=O) groups excluding carboxylic acids is 2. The lowest BCUT2D eigenvalue weighted by Crippen LogP contribution is -2.31. The molecule has 0 unspecified atom stereocenters. The fraction of sp³-hybridized carbons (Fsp3) is 0.158. The number of benzene rings is 2. The van der Waals surface area contributed by atoms with E-state index in [0.29, 0.717) is 11.0 Å². The number of rotatable bonds is 7. The highest BCUT2D eigenvalue weighted by atomic mass is 32.2. The Morgan fingerprint density at radius 2 is 1.83 bits per heavy atom. The number of aromatic nitrogens is 3. The second-order valence-corrected chi connectivity index (χ2v) is 6.86. The van der Waals surface area contributed by atoms with Crippen LogP contribution in [0.25, 0.3) is 11.4 Å². The van der Waals surface area contributed by atoms with Crippen molar-refractivity contribution in [3.63, 3.8) is 0 Å². The van der Waals surface area contributed by atoms with Crippen molar-refractivity contribution in [3.8, 4) is 17.1 Å². The maximum atomic E-state index is 13.9. The van der Waals surface area contributed by atoms with Gasteiger partial charge in [0.15, 0.2) is 11.0 Å². The van der Waals surface area contributed by atoms with Gasteiger partial charge in [-0.15, -0.1) is 10.2 Å². The maximum Gasteiger partial charge on any atom is 0.387 e. The third kappa shape index (κ3) is 5.17. The molecule has 0 saturated carbocycles.